The molecule has 0 unspecified atom stereocenters. The Morgan fingerprint density at radius 3 is 2.14 bits per heavy atom. The molecular weight excluding hydrogens is 630 g/mol. The van der Waals surface area contributed by atoms with Gasteiger partial charge in [0.25, 0.3) is 0 Å². The highest BCUT2D eigenvalue weighted by Gasteiger charge is 2.39. The van der Waals surface area contributed by atoms with E-state index in [1.165, 1.54) is 29.2 Å². The Hall–Kier alpha value is -4.98. The van der Waals surface area contributed by atoms with Gasteiger partial charge in [0.1, 0.15) is 23.3 Å². The highest BCUT2D eigenvalue weighted by molar-refractivity contribution is 5.97. The Labute approximate surface area is 286 Å². The number of nitrogens with two attached hydrogens (primary N) is 4. The average molecular weight is 680 g/mol. The number of hydrogen-bond acceptors (Lipinski definition) is 9. The summed E-state index contributed by atoms with van der Waals surface area (Å²) in [7, 11) is 0. The van der Waals surface area contributed by atoms with Crippen LogP contribution >= 0.6 is 0 Å². The number of rotatable bonds is 20. The van der Waals surface area contributed by atoms with Crippen LogP contribution < -0.4 is 28.3 Å². The maximum absolute atomic E-state index is 14.2. The highest BCUT2D eigenvalue weighted by atomic mass is 16.3. The molecule has 0 spiro atoms. The van der Waals surface area contributed by atoms with Crippen molar-refractivity contribution in [1.29, 1.82) is 0 Å². The van der Waals surface area contributed by atoms with Crippen LogP contribution in [0.5, 0.6) is 11.5 Å². The number of unbranched alkanes of at least 4 members (excludes halogenated alkanes) is 1. The number of Topliss-reactive ketones (excluding diaryl/α,β-unsaturated/α-hetero) is 2. The summed E-state index contributed by atoms with van der Waals surface area (Å²) in [5, 5.41) is 22.1. The average Bonchev–Trinajstić information content (AvgIpc) is 3.56. The number of aromatic hydroxyl groups is 2. The first-order valence-corrected chi connectivity index (χ1v) is 16.7. The van der Waals surface area contributed by atoms with Crippen LogP contribution in [0.1, 0.15) is 74.8 Å². The van der Waals surface area contributed by atoms with Crippen molar-refractivity contribution >= 4 is 35.2 Å². The van der Waals surface area contributed by atoms with Gasteiger partial charge < -0.3 is 43.4 Å². The predicted molar refractivity (Wildman–Crippen MR) is 184 cm³/mol. The first kappa shape index (κ1) is 38.5. The van der Waals surface area contributed by atoms with E-state index in [-0.39, 0.29) is 67.2 Å². The van der Waals surface area contributed by atoms with Crippen LogP contribution in [0.2, 0.25) is 0 Å². The number of likely N-dealkylation sites (tertiary alicyclic amines) is 1. The normalized spacial score (nSPS) is 15.9. The van der Waals surface area contributed by atoms with E-state index < -0.39 is 35.7 Å². The van der Waals surface area contributed by atoms with Gasteiger partial charge in [0.05, 0.1) is 12.0 Å². The van der Waals surface area contributed by atoms with Gasteiger partial charge in [-0.25, -0.2) is 0 Å². The quantitative estimate of drug-likeness (QED) is 0.0596. The van der Waals surface area contributed by atoms with Gasteiger partial charge in [0, 0.05) is 38.3 Å². The molecule has 14 nitrogen and oxygen atoms in total. The van der Waals surface area contributed by atoms with E-state index in [0.717, 1.165) is 0 Å². The third-order valence-corrected chi connectivity index (χ3v) is 8.70. The van der Waals surface area contributed by atoms with Crippen molar-refractivity contribution in [1.82, 2.24) is 10.2 Å². The summed E-state index contributed by atoms with van der Waals surface area (Å²) < 4.78 is 0. The van der Waals surface area contributed by atoms with E-state index in [1.807, 2.05) is 0 Å². The molecule has 1 aliphatic rings. The number of benzene rings is 2. The Morgan fingerprint density at radius 1 is 0.878 bits per heavy atom. The van der Waals surface area contributed by atoms with Crippen molar-refractivity contribution in [3.63, 3.8) is 0 Å². The zero-order valence-electron chi connectivity index (χ0n) is 27.8. The molecule has 1 aliphatic heterocycles. The van der Waals surface area contributed by atoms with Crippen molar-refractivity contribution in [2.24, 2.45) is 33.8 Å². The summed E-state index contributed by atoms with van der Waals surface area (Å²) in [5.41, 5.74) is 23.1. The van der Waals surface area contributed by atoms with Gasteiger partial charge in [-0.2, -0.15) is 0 Å². The molecule has 14 heteroatoms. The van der Waals surface area contributed by atoms with E-state index in [4.69, 9.17) is 22.9 Å². The molecule has 3 rings (SSSR count). The summed E-state index contributed by atoms with van der Waals surface area (Å²) >= 11 is 0. The lowest BCUT2D eigenvalue weighted by molar-refractivity contribution is -0.141. The minimum Gasteiger partial charge on any atom is -0.508 e. The Kier molecular flexibility index (Phi) is 15.0. The molecule has 2 aromatic rings. The fraction of sp³-hybridized carbons (Fsp3) is 0.486. The second-order valence-corrected chi connectivity index (χ2v) is 12.5. The molecule has 266 valence electrons. The van der Waals surface area contributed by atoms with Crippen LogP contribution in [-0.4, -0.2) is 82.1 Å². The first-order chi connectivity index (χ1) is 23.4. The standard InChI is InChI=1S/C35H49N7O7/c36-16-2-1-5-24(33(48)41-29(32(37)47)6-3-17-40-35(38)39)20-31(46)30-7-4-18-42(30)34(49)28(23-10-14-26(44)15-11-23)21-27(45)19-22-8-12-25(43)13-9-22/h8-15,24,28-30,43-44H,1-7,16-21,36H2,(H2,37,47)(H,41,48)(H4,38,39,40)/t24-,28+,29+,30+/m1/s1. The molecule has 3 amide bonds. The van der Waals surface area contributed by atoms with E-state index in [0.29, 0.717) is 62.7 Å². The van der Waals surface area contributed by atoms with Crippen molar-refractivity contribution in [3.05, 3.63) is 59.7 Å². The summed E-state index contributed by atoms with van der Waals surface area (Å²) in [6, 6.07) is 10.5. The lowest BCUT2D eigenvalue weighted by atomic mass is 9.89. The third kappa shape index (κ3) is 12.2. The number of phenolic OH excluding ortho intramolecular Hbond substituents is 2. The topological polar surface area (TPSA) is 258 Å². The van der Waals surface area contributed by atoms with Crippen molar-refractivity contribution in [3.8, 4) is 11.5 Å². The zero-order chi connectivity index (χ0) is 35.9. The van der Waals surface area contributed by atoms with Crippen LogP contribution in [0.15, 0.2) is 53.5 Å². The molecule has 11 N–H and O–H groups in total. The van der Waals surface area contributed by atoms with Crippen LogP contribution in [0.25, 0.3) is 0 Å². The number of ketones is 2. The highest BCUT2D eigenvalue weighted by Crippen LogP contribution is 2.31. The molecule has 0 saturated carbocycles. The number of hydrogen-bond donors (Lipinski definition) is 7. The Morgan fingerprint density at radius 2 is 1.53 bits per heavy atom. The number of phenols is 2. The van der Waals surface area contributed by atoms with Gasteiger partial charge in [-0.1, -0.05) is 30.7 Å². The number of nitrogens with zero attached hydrogens (tertiary/aromatic N) is 2. The fourth-order valence-corrected chi connectivity index (χ4v) is 6.08. The monoisotopic (exact) mass is 679 g/mol. The van der Waals surface area contributed by atoms with Crippen LogP contribution in [0.3, 0.4) is 0 Å². The maximum atomic E-state index is 14.2. The number of primary amides is 1. The lowest BCUT2D eigenvalue weighted by Gasteiger charge is -2.29. The zero-order valence-corrected chi connectivity index (χ0v) is 27.8. The molecule has 1 fully saturated rings. The predicted octanol–water partition coefficient (Wildman–Crippen LogP) is 1.10. The van der Waals surface area contributed by atoms with Crippen molar-refractivity contribution in [2.45, 2.75) is 82.2 Å². The molecule has 2 aromatic carbocycles. The van der Waals surface area contributed by atoms with E-state index in [1.54, 1.807) is 24.3 Å². The molecule has 0 aliphatic carbocycles. The van der Waals surface area contributed by atoms with Crippen LogP contribution in [-0.2, 0) is 30.4 Å². The van der Waals surface area contributed by atoms with Gasteiger partial charge in [0.15, 0.2) is 11.7 Å². The second kappa shape index (κ2) is 19.1. The van der Waals surface area contributed by atoms with Crippen molar-refractivity contribution < 1.29 is 34.2 Å². The minimum absolute atomic E-state index is 0.00545. The molecule has 1 saturated heterocycles. The molecule has 0 bridgehead atoms. The van der Waals surface area contributed by atoms with E-state index in [2.05, 4.69) is 10.3 Å². The van der Waals surface area contributed by atoms with Crippen LogP contribution in [0.4, 0.5) is 0 Å². The summed E-state index contributed by atoms with van der Waals surface area (Å²) in [6.07, 6.45) is 2.87. The van der Waals surface area contributed by atoms with Gasteiger partial charge in [-0.15, -0.1) is 0 Å². The lowest BCUT2D eigenvalue weighted by Crippen LogP contribution is -2.48. The number of carbonyl (C=O) groups is 5. The number of carbonyl (C=O) groups excluding carboxylic acids is 5. The number of aliphatic imine (C=N–C) groups is 1. The molecule has 0 aromatic heterocycles. The number of amides is 3. The molecule has 1 heterocycles. The van der Waals surface area contributed by atoms with Gasteiger partial charge in [0.2, 0.25) is 17.7 Å². The second-order valence-electron chi connectivity index (χ2n) is 12.5. The number of nitrogens with one attached hydrogen (secondary N) is 1. The summed E-state index contributed by atoms with van der Waals surface area (Å²) in [6.45, 7) is 0.963. The van der Waals surface area contributed by atoms with Gasteiger partial charge >= 0.3 is 0 Å². The van der Waals surface area contributed by atoms with E-state index >= 15 is 0 Å². The molecular formula is C35H49N7O7. The SMILES string of the molecule is NCCCC[C@H](CC(=O)[C@@H]1CCCN1C(=O)[C@@H](CC(=O)Cc1ccc(O)cc1)c1ccc(O)cc1)C(=O)N[C@@H](CCCN=C(N)N)C(N)=O. The Bertz CT molecular complexity index is 1460. The molecule has 49 heavy (non-hydrogen) atoms. The maximum Gasteiger partial charge on any atom is 0.240 e. The van der Waals surface area contributed by atoms with Gasteiger partial charge in [-0.3, -0.25) is 29.0 Å². The third-order valence-electron chi connectivity index (χ3n) is 8.70. The van der Waals surface area contributed by atoms with Crippen molar-refractivity contribution in [2.75, 3.05) is 19.6 Å². The van der Waals surface area contributed by atoms with E-state index in [9.17, 15) is 34.2 Å². The number of guanidine groups is 1. The smallest absolute Gasteiger partial charge is 0.240 e. The fourth-order valence-electron chi connectivity index (χ4n) is 6.08. The summed E-state index contributed by atoms with van der Waals surface area (Å²) in [5.74, 6) is -3.80. The molecule has 4 atom stereocenters. The minimum atomic E-state index is -0.983. The van der Waals surface area contributed by atoms with Gasteiger partial charge in [-0.05, 0) is 80.5 Å². The molecule has 0 radical (unpaired) electrons. The largest absolute Gasteiger partial charge is 0.508 e. The summed E-state index contributed by atoms with van der Waals surface area (Å²) in [4.78, 5) is 72.2. The van der Waals surface area contributed by atoms with Crippen LogP contribution in [0, 0.1) is 5.92 Å². The first-order valence-electron chi connectivity index (χ1n) is 16.7. The Balaban J connectivity index is 1.76.